The summed E-state index contributed by atoms with van der Waals surface area (Å²) in [6.45, 7) is 0. The van der Waals surface area contributed by atoms with E-state index in [1.54, 1.807) is 6.07 Å². The maximum absolute atomic E-state index is 12.6. The van der Waals surface area contributed by atoms with Gasteiger partial charge in [0.2, 0.25) is 11.7 Å². The Balaban J connectivity index is 1.97. The SMILES string of the molecule is C#CC(=O)C(c1ccc(NC2CCC2)c(Cl)c1)C1(C(N)=O)CCCCC1. The van der Waals surface area contributed by atoms with Crippen molar-refractivity contribution < 1.29 is 9.59 Å². The second-order valence-corrected chi connectivity index (χ2v) is 7.94. The van der Waals surface area contributed by atoms with Crippen LogP contribution in [0.1, 0.15) is 62.8 Å². The molecule has 5 heteroatoms. The van der Waals surface area contributed by atoms with Crippen LogP contribution in [0.5, 0.6) is 0 Å². The number of ketones is 1. The molecule has 2 saturated carbocycles. The molecule has 0 heterocycles. The number of terminal acetylenes is 1. The number of benzene rings is 1. The van der Waals surface area contributed by atoms with E-state index in [1.165, 1.54) is 6.42 Å². The van der Waals surface area contributed by atoms with Gasteiger partial charge in [-0.1, -0.05) is 36.9 Å². The van der Waals surface area contributed by atoms with Crippen molar-refractivity contribution in [3.05, 3.63) is 28.8 Å². The first-order valence-electron chi connectivity index (χ1n) is 9.34. The molecule has 0 aliphatic heterocycles. The van der Waals surface area contributed by atoms with Crippen LogP contribution in [-0.2, 0) is 9.59 Å². The van der Waals surface area contributed by atoms with Gasteiger partial charge >= 0.3 is 0 Å². The topological polar surface area (TPSA) is 72.2 Å². The highest BCUT2D eigenvalue weighted by atomic mass is 35.5. The van der Waals surface area contributed by atoms with E-state index in [4.69, 9.17) is 23.8 Å². The Morgan fingerprint density at radius 2 is 1.92 bits per heavy atom. The van der Waals surface area contributed by atoms with Crippen LogP contribution < -0.4 is 11.1 Å². The van der Waals surface area contributed by atoms with Gasteiger partial charge in [-0.15, -0.1) is 6.42 Å². The summed E-state index contributed by atoms with van der Waals surface area (Å²) in [5.41, 5.74) is 6.39. The number of nitrogens with one attached hydrogen (secondary N) is 1. The summed E-state index contributed by atoms with van der Waals surface area (Å²) in [4.78, 5) is 25.1. The van der Waals surface area contributed by atoms with E-state index in [-0.39, 0.29) is 0 Å². The molecule has 0 saturated heterocycles. The molecule has 4 nitrogen and oxygen atoms in total. The molecule has 0 aromatic heterocycles. The Bertz CT molecular complexity index is 743. The van der Waals surface area contributed by atoms with Gasteiger partial charge in [0.25, 0.3) is 0 Å². The van der Waals surface area contributed by atoms with Gasteiger partial charge in [-0.25, -0.2) is 0 Å². The monoisotopic (exact) mass is 372 g/mol. The average Bonchev–Trinajstić information content (AvgIpc) is 2.60. The van der Waals surface area contributed by atoms with Gasteiger partial charge in [0.05, 0.1) is 22.0 Å². The third-order valence-corrected chi connectivity index (χ3v) is 6.30. The quantitative estimate of drug-likeness (QED) is 0.585. The van der Waals surface area contributed by atoms with Crippen LogP contribution in [0.4, 0.5) is 5.69 Å². The first-order chi connectivity index (χ1) is 12.5. The highest BCUT2D eigenvalue weighted by molar-refractivity contribution is 6.33. The van der Waals surface area contributed by atoms with E-state index in [1.807, 2.05) is 12.1 Å². The number of anilines is 1. The lowest BCUT2D eigenvalue weighted by molar-refractivity contribution is -0.135. The highest BCUT2D eigenvalue weighted by Crippen LogP contribution is 2.48. The summed E-state index contributed by atoms with van der Waals surface area (Å²) < 4.78 is 0. The molecule has 1 aromatic carbocycles. The largest absolute Gasteiger partial charge is 0.381 e. The summed E-state index contributed by atoms with van der Waals surface area (Å²) in [6, 6.07) is 5.95. The van der Waals surface area contributed by atoms with Crippen LogP contribution in [-0.4, -0.2) is 17.7 Å². The molecule has 1 amide bonds. The molecule has 1 atom stereocenters. The lowest BCUT2D eigenvalue weighted by Gasteiger charge is -2.40. The average molecular weight is 373 g/mol. The number of hydrogen-bond acceptors (Lipinski definition) is 3. The van der Waals surface area contributed by atoms with Crippen LogP contribution in [0.25, 0.3) is 0 Å². The molecule has 138 valence electrons. The normalized spacial score (nSPS) is 20.5. The Hall–Kier alpha value is -1.99. The molecule has 1 aromatic rings. The zero-order chi connectivity index (χ0) is 18.7. The van der Waals surface area contributed by atoms with Crippen molar-refractivity contribution in [2.45, 2.75) is 63.3 Å². The predicted molar refractivity (Wildman–Crippen MR) is 104 cm³/mol. The molecule has 3 N–H and O–H groups in total. The van der Waals surface area contributed by atoms with Crippen LogP contribution in [0.2, 0.25) is 5.02 Å². The van der Waals surface area contributed by atoms with Gasteiger partial charge in [0.15, 0.2) is 0 Å². The summed E-state index contributed by atoms with van der Waals surface area (Å²) in [6.07, 6.45) is 12.9. The molecule has 2 fully saturated rings. The number of carbonyl (C=O) groups is 2. The van der Waals surface area contributed by atoms with Crippen LogP contribution in [0.3, 0.4) is 0 Å². The van der Waals surface area contributed by atoms with Gasteiger partial charge in [-0.2, -0.15) is 0 Å². The van der Waals surface area contributed by atoms with Gasteiger partial charge in [0.1, 0.15) is 0 Å². The maximum Gasteiger partial charge on any atom is 0.224 e. The van der Waals surface area contributed by atoms with E-state index in [9.17, 15) is 9.59 Å². The molecule has 2 aliphatic rings. The van der Waals surface area contributed by atoms with Gasteiger partial charge in [-0.05, 0) is 55.7 Å². The number of primary amides is 1. The van der Waals surface area contributed by atoms with E-state index in [2.05, 4.69) is 11.2 Å². The smallest absolute Gasteiger partial charge is 0.224 e. The Morgan fingerprint density at radius 1 is 1.23 bits per heavy atom. The lowest BCUT2D eigenvalue weighted by Crippen LogP contribution is -2.46. The third kappa shape index (κ3) is 3.46. The summed E-state index contributed by atoms with van der Waals surface area (Å²) in [5.74, 6) is 0.637. The van der Waals surface area contributed by atoms with E-state index >= 15 is 0 Å². The highest BCUT2D eigenvalue weighted by Gasteiger charge is 2.48. The standard InChI is InChI=1S/C21H25ClN2O2/c1-2-18(25)19(21(20(23)26)11-4-3-5-12-21)14-9-10-17(16(22)13-14)24-15-7-6-8-15/h1,9-10,13,15,19,24H,3-8,11-12H2,(H2,23,26). The van der Waals surface area contributed by atoms with Gasteiger partial charge in [-0.3, -0.25) is 9.59 Å². The van der Waals surface area contributed by atoms with Crippen molar-refractivity contribution in [3.63, 3.8) is 0 Å². The molecule has 0 bridgehead atoms. The van der Waals surface area contributed by atoms with Crippen molar-refractivity contribution in [1.29, 1.82) is 0 Å². The fourth-order valence-corrected chi connectivity index (χ4v) is 4.51. The fourth-order valence-electron chi connectivity index (χ4n) is 4.27. The van der Waals surface area contributed by atoms with Crippen molar-refractivity contribution in [2.24, 2.45) is 11.1 Å². The zero-order valence-corrected chi connectivity index (χ0v) is 15.6. The Labute approximate surface area is 159 Å². The van der Waals surface area contributed by atoms with E-state index < -0.39 is 23.0 Å². The Morgan fingerprint density at radius 3 is 2.42 bits per heavy atom. The summed E-state index contributed by atoms with van der Waals surface area (Å²) in [7, 11) is 0. The minimum Gasteiger partial charge on any atom is -0.381 e. The second kappa shape index (κ2) is 7.72. The minimum absolute atomic E-state index is 0.401. The molecule has 3 rings (SSSR count). The van der Waals surface area contributed by atoms with Crippen LogP contribution in [0, 0.1) is 17.8 Å². The van der Waals surface area contributed by atoms with Crippen molar-refractivity contribution in [3.8, 4) is 12.3 Å². The number of rotatable bonds is 6. The van der Waals surface area contributed by atoms with Crippen LogP contribution >= 0.6 is 11.6 Å². The van der Waals surface area contributed by atoms with Crippen molar-refractivity contribution in [2.75, 3.05) is 5.32 Å². The molecular formula is C21H25ClN2O2. The first kappa shape index (κ1) is 18.8. The minimum atomic E-state index is -0.923. The van der Waals surface area contributed by atoms with Crippen LogP contribution in [0.15, 0.2) is 18.2 Å². The fraction of sp³-hybridized carbons (Fsp3) is 0.524. The molecule has 1 unspecified atom stereocenters. The number of Topliss-reactive ketones (excluding diaryl/α,β-unsaturated/α-hetero) is 1. The number of nitrogens with two attached hydrogens (primary N) is 1. The number of halogens is 1. The lowest BCUT2D eigenvalue weighted by atomic mass is 9.62. The maximum atomic E-state index is 12.6. The molecule has 26 heavy (non-hydrogen) atoms. The van der Waals surface area contributed by atoms with Crippen molar-refractivity contribution >= 4 is 29.0 Å². The number of hydrogen-bond donors (Lipinski definition) is 2. The molecular weight excluding hydrogens is 348 g/mol. The van der Waals surface area contributed by atoms with E-state index in [0.29, 0.717) is 29.5 Å². The van der Waals surface area contributed by atoms with Gasteiger partial charge in [0, 0.05) is 6.04 Å². The number of amides is 1. The van der Waals surface area contributed by atoms with Gasteiger partial charge < -0.3 is 11.1 Å². The third-order valence-electron chi connectivity index (χ3n) is 5.98. The molecule has 0 radical (unpaired) electrons. The molecule has 2 aliphatic carbocycles. The van der Waals surface area contributed by atoms with Crippen molar-refractivity contribution in [1.82, 2.24) is 0 Å². The van der Waals surface area contributed by atoms with E-state index in [0.717, 1.165) is 37.8 Å². The second-order valence-electron chi connectivity index (χ2n) is 7.53. The Kier molecular flexibility index (Phi) is 5.58. The first-order valence-corrected chi connectivity index (χ1v) is 9.72. The summed E-state index contributed by atoms with van der Waals surface area (Å²) >= 11 is 6.47. The zero-order valence-electron chi connectivity index (χ0n) is 14.9. The summed E-state index contributed by atoms with van der Waals surface area (Å²) in [5, 5.41) is 3.96. The predicted octanol–water partition coefficient (Wildman–Crippen LogP) is 4.03. The number of carbonyl (C=O) groups excluding carboxylic acids is 2. The molecule has 0 spiro atoms.